The summed E-state index contributed by atoms with van der Waals surface area (Å²) in [6.07, 6.45) is -4.78. The molecule has 0 aliphatic carbocycles. The zero-order valence-corrected chi connectivity index (χ0v) is 11.4. The molecule has 1 saturated heterocycles. The van der Waals surface area contributed by atoms with Gasteiger partial charge >= 0.3 is 0 Å². The van der Waals surface area contributed by atoms with Crippen LogP contribution in [-0.4, -0.2) is 58.7 Å². The van der Waals surface area contributed by atoms with Gasteiger partial charge in [0.05, 0.1) is 24.7 Å². The molecule has 2 aliphatic heterocycles. The molecule has 1 fully saturated rings. The van der Waals surface area contributed by atoms with Crippen LogP contribution in [0.1, 0.15) is 11.7 Å². The van der Waals surface area contributed by atoms with Gasteiger partial charge in [-0.1, -0.05) is 0 Å². The van der Waals surface area contributed by atoms with Gasteiger partial charge in [0.1, 0.15) is 23.7 Å². The highest BCUT2D eigenvalue weighted by Gasteiger charge is 2.52. The largest absolute Gasteiger partial charge is 0.508 e. The van der Waals surface area contributed by atoms with Crippen LogP contribution in [-0.2, 0) is 9.47 Å². The molecule has 7 heteroatoms. The average molecular weight is 298 g/mol. The molecular formula is C14H18O7. The highest BCUT2D eigenvalue weighted by molar-refractivity contribution is 5.43. The average Bonchev–Trinajstić information content (AvgIpc) is 2.49. The van der Waals surface area contributed by atoms with E-state index in [2.05, 4.69) is 0 Å². The second-order valence-corrected chi connectivity index (χ2v) is 5.28. The molecule has 2 heterocycles. The Morgan fingerprint density at radius 1 is 1.24 bits per heavy atom. The number of phenolic OH excluding ortho intramolecular Hbond substituents is 1. The summed E-state index contributed by atoms with van der Waals surface area (Å²) < 4.78 is 16.6. The van der Waals surface area contributed by atoms with Crippen molar-refractivity contribution in [1.82, 2.24) is 0 Å². The SMILES string of the molecule is COC1c2cc(O)ccc2OC2OC(CO)C(O)C(O)C21. The van der Waals surface area contributed by atoms with Crippen molar-refractivity contribution in [3.05, 3.63) is 23.8 Å². The minimum atomic E-state index is -1.24. The van der Waals surface area contributed by atoms with Crippen molar-refractivity contribution in [2.45, 2.75) is 30.7 Å². The number of benzene rings is 1. The highest BCUT2D eigenvalue weighted by atomic mass is 16.7. The van der Waals surface area contributed by atoms with Crippen molar-refractivity contribution >= 4 is 0 Å². The summed E-state index contributed by atoms with van der Waals surface area (Å²) in [6.45, 7) is -0.426. The third kappa shape index (κ3) is 2.27. The van der Waals surface area contributed by atoms with Gasteiger partial charge in [0.2, 0.25) is 6.29 Å². The van der Waals surface area contributed by atoms with Crippen molar-refractivity contribution in [2.24, 2.45) is 5.92 Å². The number of aliphatic hydroxyl groups excluding tert-OH is 3. The van der Waals surface area contributed by atoms with E-state index >= 15 is 0 Å². The number of hydrogen-bond donors (Lipinski definition) is 4. The maximum absolute atomic E-state index is 10.3. The van der Waals surface area contributed by atoms with Gasteiger partial charge in [-0.3, -0.25) is 0 Å². The minimum Gasteiger partial charge on any atom is -0.508 e. The van der Waals surface area contributed by atoms with E-state index in [1.807, 2.05) is 0 Å². The van der Waals surface area contributed by atoms with Gasteiger partial charge in [-0.15, -0.1) is 0 Å². The summed E-state index contributed by atoms with van der Waals surface area (Å²) in [5.41, 5.74) is 0.580. The molecule has 6 unspecified atom stereocenters. The van der Waals surface area contributed by atoms with Crippen molar-refractivity contribution in [3.63, 3.8) is 0 Å². The fraction of sp³-hybridized carbons (Fsp3) is 0.571. The van der Waals surface area contributed by atoms with E-state index in [1.165, 1.54) is 19.2 Å². The molecule has 6 atom stereocenters. The summed E-state index contributed by atoms with van der Waals surface area (Å²) in [4.78, 5) is 0. The number of rotatable bonds is 2. The lowest BCUT2D eigenvalue weighted by molar-refractivity contribution is -0.285. The number of aliphatic hydroxyl groups is 3. The molecule has 7 nitrogen and oxygen atoms in total. The Hall–Kier alpha value is -1.38. The van der Waals surface area contributed by atoms with Gasteiger partial charge < -0.3 is 34.6 Å². The second-order valence-electron chi connectivity index (χ2n) is 5.28. The number of methoxy groups -OCH3 is 1. The van der Waals surface area contributed by atoms with Gasteiger partial charge in [0.25, 0.3) is 0 Å². The van der Waals surface area contributed by atoms with Gasteiger partial charge in [0.15, 0.2) is 0 Å². The van der Waals surface area contributed by atoms with Gasteiger partial charge in [-0.2, -0.15) is 0 Å². The highest BCUT2D eigenvalue weighted by Crippen LogP contribution is 2.46. The smallest absolute Gasteiger partial charge is 0.208 e. The fourth-order valence-electron chi connectivity index (χ4n) is 3.01. The first-order valence-electron chi connectivity index (χ1n) is 6.71. The van der Waals surface area contributed by atoms with Gasteiger partial charge in [-0.05, 0) is 18.2 Å². The van der Waals surface area contributed by atoms with Gasteiger partial charge in [0, 0.05) is 12.7 Å². The first-order valence-corrected chi connectivity index (χ1v) is 6.71. The first-order chi connectivity index (χ1) is 10.1. The Labute approximate surface area is 121 Å². The van der Waals surface area contributed by atoms with E-state index in [-0.39, 0.29) is 5.75 Å². The molecule has 2 aliphatic rings. The summed E-state index contributed by atoms with van der Waals surface area (Å²) in [5, 5.41) is 39.1. The standard InChI is InChI=1S/C14H18O7/c1-19-13-7-4-6(16)2-3-8(7)20-14-10(13)12(18)11(17)9(5-15)21-14/h2-4,9-18H,5H2,1H3. The maximum atomic E-state index is 10.3. The molecule has 1 aromatic carbocycles. The number of ether oxygens (including phenoxy) is 3. The molecule has 0 spiro atoms. The number of hydrogen-bond acceptors (Lipinski definition) is 7. The molecule has 4 N–H and O–H groups in total. The molecule has 0 aromatic heterocycles. The Kier molecular flexibility index (Phi) is 3.76. The van der Waals surface area contributed by atoms with Crippen LogP contribution in [0.3, 0.4) is 0 Å². The number of fused-ring (bicyclic) bond motifs is 2. The summed E-state index contributed by atoms with van der Waals surface area (Å²) in [6, 6.07) is 4.56. The Morgan fingerprint density at radius 2 is 2.00 bits per heavy atom. The molecule has 0 saturated carbocycles. The minimum absolute atomic E-state index is 0.0536. The molecular weight excluding hydrogens is 280 g/mol. The lowest BCUT2D eigenvalue weighted by Crippen LogP contribution is -2.60. The summed E-state index contributed by atoms with van der Waals surface area (Å²) in [7, 11) is 1.47. The van der Waals surface area contributed by atoms with Crippen molar-refractivity contribution in [3.8, 4) is 11.5 Å². The van der Waals surface area contributed by atoms with Crippen molar-refractivity contribution in [1.29, 1.82) is 0 Å². The molecule has 0 radical (unpaired) electrons. The van der Waals surface area contributed by atoms with Crippen LogP contribution in [0.5, 0.6) is 11.5 Å². The third-order valence-electron chi connectivity index (χ3n) is 4.07. The zero-order chi connectivity index (χ0) is 15.1. The lowest BCUT2D eigenvalue weighted by atomic mass is 9.82. The molecule has 0 bridgehead atoms. The van der Waals surface area contributed by atoms with E-state index in [4.69, 9.17) is 14.2 Å². The molecule has 1 aromatic rings. The summed E-state index contributed by atoms with van der Waals surface area (Å²) >= 11 is 0. The molecule has 21 heavy (non-hydrogen) atoms. The van der Waals surface area contributed by atoms with E-state index in [9.17, 15) is 20.4 Å². The second kappa shape index (κ2) is 5.43. The predicted molar refractivity (Wildman–Crippen MR) is 69.7 cm³/mol. The van der Waals surface area contributed by atoms with E-state index in [0.717, 1.165) is 0 Å². The van der Waals surface area contributed by atoms with Crippen LogP contribution >= 0.6 is 0 Å². The normalized spacial score (nSPS) is 38.3. The van der Waals surface area contributed by atoms with E-state index in [1.54, 1.807) is 6.07 Å². The monoisotopic (exact) mass is 298 g/mol. The van der Waals surface area contributed by atoms with Gasteiger partial charge in [-0.25, -0.2) is 0 Å². The Bertz CT molecular complexity index is 520. The van der Waals surface area contributed by atoms with Crippen LogP contribution in [0, 0.1) is 5.92 Å². The number of aromatic hydroxyl groups is 1. The maximum Gasteiger partial charge on any atom is 0.208 e. The van der Waals surface area contributed by atoms with E-state index < -0.39 is 43.2 Å². The van der Waals surface area contributed by atoms with Crippen LogP contribution in [0.4, 0.5) is 0 Å². The quantitative estimate of drug-likeness (QED) is 0.584. The van der Waals surface area contributed by atoms with Crippen molar-refractivity contribution < 1.29 is 34.6 Å². The molecule has 116 valence electrons. The lowest BCUT2D eigenvalue weighted by Gasteiger charge is -2.47. The van der Waals surface area contributed by atoms with Crippen LogP contribution in [0.2, 0.25) is 0 Å². The van der Waals surface area contributed by atoms with Crippen LogP contribution < -0.4 is 4.74 Å². The van der Waals surface area contributed by atoms with Crippen LogP contribution in [0.15, 0.2) is 18.2 Å². The third-order valence-corrected chi connectivity index (χ3v) is 4.07. The van der Waals surface area contributed by atoms with E-state index in [0.29, 0.717) is 11.3 Å². The fourth-order valence-corrected chi connectivity index (χ4v) is 3.01. The number of phenols is 1. The molecule has 3 rings (SSSR count). The zero-order valence-electron chi connectivity index (χ0n) is 11.4. The Morgan fingerprint density at radius 3 is 2.67 bits per heavy atom. The Balaban J connectivity index is 2.00. The predicted octanol–water partition coefficient (Wildman–Crippen LogP) is -0.473. The molecule has 0 amide bonds. The van der Waals surface area contributed by atoms with Crippen LogP contribution in [0.25, 0.3) is 0 Å². The first kappa shape index (κ1) is 14.6. The van der Waals surface area contributed by atoms with Crippen molar-refractivity contribution in [2.75, 3.05) is 13.7 Å². The summed E-state index contributed by atoms with van der Waals surface area (Å²) in [5.74, 6) is -0.138. The topological polar surface area (TPSA) is 109 Å².